The molecule has 1 aromatic carbocycles. The number of aryl methyl sites for hydroxylation is 1. The summed E-state index contributed by atoms with van der Waals surface area (Å²) in [6.07, 6.45) is 0.0212. The molecular formula is C9H9FO3. The zero-order valence-corrected chi connectivity index (χ0v) is 6.83. The van der Waals surface area contributed by atoms with Crippen LogP contribution in [0, 0.1) is 0 Å². The number of hydrogen-bond acceptors (Lipinski definition) is 3. The molecule has 0 bridgehead atoms. The van der Waals surface area contributed by atoms with Gasteiger partial charge >= 0.3 is 6.04 Å². The second-order valence-electron chi connectivity index (χ2n) is 2.68. The van der Waals surface area contributed by atoms with Crippen LogP contribution in [0.25, 0.3) is 0 Å². The van der Waals surface area contributed by atoms with Gasteiger partial charge < -0.3 is 10.2 Å². The van der Waals surface area contributed by atoms with E-state index in [1.54, 1.807) is 0 Å². The molecule has 13 heavy (non-hydrogen) atoms. The molecule has 2 N–H and O–H groups in total. The summed E-state index contributed by atoms with van der Waals surface area (Å²) in [6, 6.07) is 2.75. The van der Waals surface area contributed by atoms with Crippen molar-refractivity contribution >= 4 is 6.04 Å². The van der Waals surface area contributed by atoms with Crippen LogP contribution in [0.15, 0.2) is 18.2 Å². The van der Waals surface area contributed by atoms with Crippen molar-refractivity contribution < 1.29 is 19.4 Å². The Bertz CT molecular complexity index is 323. The molecule has 1 rings (SSSR count). The molecule has 0 aliphatic heterocycles. The minimum Gasteiger partial charge on any atom is -0.504 e. The summed E-state index contributed by atoms with van der Waals surface area (Å²) in [5.41, 5.74) is 0.612. The average molecular weight is 184 g/mol. The van der Waals surface area contributed by atoms with Crippen molar-refractivity contribution in [1.82, 2.24) is 0 Å². The third-order valence-corrected chi connectivity index (χ3v) is 1.65. The van der Waals surface area contributed by atoms with E-state index >= 15 is 0 Å². The second kappa shape index (κ2) is 3.89. The van der Waals surface area contributed by atoms with Crippen LogP contribution in [-0.2, 0) is 11.2 Å². The quantitative estimate of drug-likeness (QED) is 0.553. The topological polar surface area (TPSA) is 57.5 Å². The van der Waals surface area contributed by atoms with Crippen molar-refractivity contribution in [2.75, 3.05) is 0 Å². The van der Waals surface area contributed by atoms with Crippen LogP contribution in [0.4, 0.5) is 4.39 Å². The highest BCUT2D eigenvalue weighted by atomic mass is 19.1. The van der Waals surface area contributed by atoms with Gasteiger partial charge in [-0.25, -0.2) is 0 Å². The van der Waals surface area contributed by atoms with E-state index in [1.807, 2.05) is 0 Å². The molecule has 4 heteroatoms. The first-order chi connectivity index (χ1) is 6.09. The maximum absolute atomic E-state index is 11.8. The van der Waals surface area contributed by atoms with Crippen molar-refractivity contribution in [2.24, 2.45) is 0 Å². The van der Waals surface area contributed by atoms with Crippen LogP contribution in [0.3, 0.4) is 0 Å². The largest absolute Gasteiger partial charge is 0.504 e. The molecule has 0 aliphatic rings. The van der Waals surface area contributed by atoms with Gasteiger partial charge in [0.15, 0.2) is 11.5 Å². The SMILES string of the molecule is O=C(F)CCc1ccc(O)c(O)c1. The third kappa shape index (κ3) is 2.74. The van der Waals surface area contributed by atoms with Gasteiger partial charge in [0, 0.05) is 6.42 Å². The molecule has 0 amide bonds. The van der Waals surface area contributed by atoms with E-state index in [2.05, 4.69) is 0 Å². The first kappa shape index (κ1) is 9.51. The maximum atomic E-state index is 11.8. The Hall–Kier alpha value is -1.58. The molecule has 1 aromatic rings. The van der Waals surface area contributed by atoms with Gasteiger partial charge in [-0.3, -0.25) is 4.79 Å². The van der Waals surface area contributed by atoms with Gasteiger partial charge in [-0.1, -0.05) is 6.07 Å². The number of benzene rings is 1. The lowest BCUT2D eigenvalue weighted by molar-refractivity contribution is -0.129. The number of carbonyl (C=O) groups is 1. The molecule has 0 radical (unpaired) electrons. The van der Waals surface area contributed by atoms with Gasteiger partial charge in [-0.05, 0) is 24.1 Å². The van der Waals surface area contributed by atoms with Crippen LogP contribution in [0.5, 0.6) is 11.5 Å². The second-order valence-corrected chi connectivity index (χ2v) is 2.68. The van der Waals surface area contributed by atoms with Gasteiger partial charge in [0.2, 0.25) is 0 Å². The molecule has 0 fully saturated rings. The van der Waals surface area contributed by atoms with E-state index in [1.165, 1.54) is 18.2 Å². The molecular weight excluding hydrogens is 175 g/mol. The average Bonchev–Trinajstić information content (AvgIpc) is 2.07. The van der Waals surface area contributed by atoms with Crippen LogP contribution >= 0.6 is 0 Å². The number of phenols is 2. The van der Waals surface area contributed by atoms with E-state index in [0.29, 0.717) is 5.56 Å². The number of rotatable bonds is 3. The Morgan fingerprint density at radius 1 is 1.31 bits per heavy atom. The molecule has 0 saturated heterocycles. The number of aromatic hydroxyl groups is 2. The zero-order valence-electron chi connectivity index (χ0n) is 6.83. The van der Waals surface area contributed by atoms with E-state index in [9.17, 15) is 9.18 Å². The minimum atomic E-state index is -1.38. The van der Waals surface area contributed by atoms with Crippen molar-refractivity contribution in [3.63, 3.8) is 0 Å². The van der Waals surface area contributed by atoms with Crippen molar-refractivity contribution in [1.29, 1.82) is 0 Å². The van der Waals surface area contributed by atoms with Gasteiger partial charge in [-0.2, -0.15) is 4.39 Å². The maximum Gasteiger partial charge on any atom is 0.301 e. The lowest BCUT2D eigenvalue weighted by Crippen LogP contribution is -1.92. The summed E-state index contributed by atoms with van der Waals surface area (Å²) < 4.78 is 11.8. The monoisotopic (exact) mass is 184 g/mol. The normalized spacial score (nSPS) is 9.92. The fourth-order valence-electron chi connectivity index (χ4n) is 0.967. The number of halogens is 1. The Labute approximate surface area is 74.4 Å². The third-order valence-electron chi connectivity index (χ3n) is 1.65. The molecule has 0 unspecified atom stereocenters. The highest BCUT2D eigenvalue weighted by Gasteiger charge is 2.03. The minimum absolute atomic E-state index is 0.204. The van der Waals surface area contributed by atoms with Gasteiger partial charge in [0.05, 0.1) is 0 Å². The van der Waals surface area contributed by atoms with E-state index in [-0.39, 0.29) is 24.3 Å². The standard InChI is InChI=1S/C9H9FO3/c10-9(13)4-2-6-1-3-7(11)8(12)5-6/h1,3,5,11-12H,2,4H2. The summed E-state index contributed by atoms with van der Waals surface area (Å²) in [7, 11) is 0. The number of phenolic OH excluding ortho intramolecular Hbond substituents is 2. The predicted molar refractivity (Wildman–Crippen MR) is 44.2 cm³/mol. The van der Waals surface area contributed by atoms with Crippen LogP contribution in [0.2, 0.25) is 0 Å². The summed E-state index contributed by atoms with van der Waals surface area (Å²) in [5, 5.41) is 18.0. The molecule has 70 valence electrons. The van der Waals surface area contributed by atoms with Crippen LogP contribution < -0.4 is 0 Å². The highest BCUT2D eigenvalue weighted by Crippen LogP contribution is 2.25. The molecule has 0 saturated carbocycles. The first-order valence-corrected chi connectivity index (χ1v) is 3.79. The fourth-order valence-corrected chi connectivity index (χ4v) is 0.967. The van der Waals surface area contributed by atoms with Crippen molar-refractivity contribution in [3.05, 3.63) is 23.8 Å². The van der Waals surface area contributed by atoms with Crippen LogP contribution in [0.1, 0.15) is 12.0 Å². The van der Waals surface area contributed by atoms with Crippen LogP contribution in [-0.4, -0.2) is 16.3 Å². The Morgan fingerprint density at radius 2 is 2.00 bits per heavy atom. The van der Waals surface area contributed by atoms with E-state index in [4.69, 9.17) is 10.2 Å². The zero-order chi connectivity index (χ0) is 9.84. The van der Waals surface area contributed by atoms with E-state index < -0.39 is 6.04 Å². The summed E-state index contributed by atoms with van der Waals surface area (Å²) in [5.74, 6) is -0.487. The first-order valence-electron chi connectivity index (χ1n) is 3.79. The van der Waals surface area contributed by atoms with Gasteiger partial charge in [0.25, 0.3) is 0 Å². The molecule has 3 nitrogen and oxygen atoms in total. The Kier molecular flexibility index (Phi) is 2.84. The van der Waals surface area contributed by atoms with Gasteiger partial charge in [0.1, 0.15) is 0 Å². The predicted octanol–water partition coefficient (Wildman–Crippen LogP) is 1.53. The van der Waals surface area contributed by atoms with Gasteiger partial charge in [-0.15, -0.1) is 0 Å². The molecule has 0 heterocycles. The fraction of sp³-hybridized carbons (Fsp3) is 0.222. The summed E-state index contributed by atoms with van der Waals surface area (Å²) in [4.78, 5) is 9.99. The number of hydrogen-bond donors (Lipinski definition) is 2. The summed E-state index contributed by atoms with van der Waals surface area (Å²) in [6.45, 7) is 0. The lowest BCUT2D eigenvalue weighted by atomic mass is 10.1. The van der Waals surface area contributed by atoms with Crippen molar-refractivity contribution in [3.8, 4) is 11.5 Å². The van der Waals surface area contributed by atoms with E-state index in [0.717, 1.165) is 0 Å². The summed E-state index contributed by atoms with van der Waals surface area (Å²) >= 11 is 0. The smallest absolute Gasteiger partial charge is 0.301 e. The van der Waals surface area contributed by atoms with Crippen molar-refractivity contribution in [2.45, 2.75) is 12.8 Å². The Morgan fingerprint density at radius 3 is 2.54 bits per heavy atom. The Balaban J connectivity index is 2.68. The molecule has 0 atom stereocenters. The molecule has 0 aromatic heterocycles. The molecule has 0 aliphatic carbocycles. The highest BCUT2D eigenvalue weighted by molar-refractivity contribution is 5.68. The lowest BCUT2D eigenvalue weighted by Gasteiger charge is -2.00. The number of carbonyl (C=O) groups excluding carboxylic acids is 1. The molecule has 0 spiro atoms.